The van der Waals surface area contributed by atoms with Crippen LogP contribution in [0.3, 0.4) is 0 Å². The largest absolute Gasteiger partial charge is 0.341 e. The molecule has 0 N–H and O–H groups in total. The van der Waals surface area contributed by atoms with E-state index in [9.17, 15) is 14.4 Å². The number of hydrogen-bond donors (Lipinski definition) is 0. The Hall–Kier alpha value is -2.43. The van der Waals surface area contributed by atoms with Gasteiger partial charge in [0.25, 0.3) is 0 Å². The summed E-state index contributed by atoms with van der Waals surface area (Å²) in [6, 6.07) is 10.4. The second kappa shape index (κ2) is 7.67. The quantitative estimate of drug-likeness (QED) is 0.607. The number of hydrogen-bond acceptors (Lipinski definition) is 3. The number of piperidine rings is 1. The molecule has 4 rings (SSSR count). The molecule has 0 saturated carbocycles. The van der Waals surface area contributed by atoms with E-state index in [-0.39, 0.29) is 36.1 Å². The molecule has 2 fully saturated rings. The summed E-state index contributed by atoms with van der Waals surface area (Å²) in [5.74, 6) is -0.357. The van der Waals surface area contributed by atoms with Gasteiger partial charge in [0, 0.05) is 13.1 Å². The molecule has 1 aliphatic carbocycles. The maximum absolute atomic E-state index is 12.7. The van der Waals surface area contributed by atoms with Crippen molar-refractivity contribution < 1.29 is 14.4 Å². The minimum atomic E-state index is -0.257. The molecule has 27 heavy (non-hydrogen) atoms. The van der Waals surface area contributed by atoms with Gasteiger partial charge in [-0.25, -0.2) is 0 Å². The number of imide groups is 1. The van der Waals surface area contributed by atoms with Crippen LogP contribution in [0, 0.1) is 17.8 Å². The minimum Gasteiger partial charge on any atom is -0.341 e. The summed E-state index contributed by atoms with van der Waals surface area (Å²) in [7, 11) is 0. The third-order valence-electron chi connectivity index (χ3n) is 6.23. The fraction of sp³-hybridized carbons (Fsp3) is 0.500. The number of nitrogens with zero attached hydrogens (tertiary/aromatic N) is 2. The Kier molecular flexibility index (Phi) is 5.10. The van der Waals surface area contributed by atoms with Crippen molar-refractivity contribution in [3.05, 3.63) is 48.0 Å². The van der Waals surface area contributed by atoms with Gasteiger partial charge in [-0.1, -0.05) is 42.5 Å². The molecular weight excluding hydrogens is 340 g/mol. The number of amides is 3. The number of fused-ring (bicyclic) bond motifs is 1. The summed E-state index contributed by atoms with van der Waals surface area (Å²) >= 11 is 0. The Labute approximate surface area is 160 Å². The summed E-state index contributed by atoms with van der Waals surface area (Å²) in [4.78, 5) is 40.8. The van der Waals surface area contributed by atoms with Gasteiger partial charge in [-0.15, -0.1) is 0 Å². The molecule has 3 aliphatic rings. The predicted octanol–water partition coefficient (Wildman–Crippen LogP) is 2.42. The smallest absolute Gasteiger partial charge is 0.242 e. The van der Waals surface area contributed by atoms with E-state index >= 15 is 0 Å². The highest BCUT2D eigenvalue weighted by Crippen LogP contribution is 2.35. The Morgan fingerprint density at radius 2 is 1.52 bits per heavy atom. The highest BCUT2D eigenvalue weighted by Gasteiger charge is 2.47. The fourth-order valence-electron chi connectivity index (χ4n) is 4.59. The number of benzene rings is 1. The van der Waals surface area contributed by atoms with Gasteiger partial charge in [0.1, 0.15) is 6.54 Å². The molecule has 0 spiro atoms. The standard InChI is InChI=1S/C22H26N2O3/c25-20(15-24-21(26)18-8-4-5-9-19(18)22(24)27)23-12-10-17(11-13-23)14-16-6-2-1-3-7-16/h1-7,17-19H,8-15H2. The van der Waals surface area contributed by atoms with Gasteiger partial charge < -0.3 is 4.90 Å². The van der Waals surface area contributed by atoms with Gasteiger partial charge in [0.2, 0.25) is 17.7 Å². The molecule has 0 bridgehead atoms. The van der Waals surface area contributed by atoms with Crippen LogP contribution in [-0.4, -0.2) is 47.2 Å². The van der Waals surface area contributed by atoms with Crippen LogP contribution in [0.15, 0.2) is 42.5 Å². The number of likely N-dealkylation sites (tertiary alicyclic amines) is 2. The van der Waals surface area contributed by atoms with Crippen LogP contribution in [0.2, 0.25) is 0 Å². The van der Waals surface area contributed by atoms with Crippen LogP contribution in [0.25, 0.3) is 0 Å². The van der Waals surface area contributed by atoms with Gasteiger partial charge in [-0.3, -0.25) is 19.3 Å². The topological polar surface area (TPSA) is 57.7 Å². The Morgan fingerprint density at radius 3 is 2.11 bits per heavy atom. The molecule has 3 amide bonds. The third kappa shape index (κ3) is 3.68. The SMILES string of the molecule is O=C(CN1C(=O)C2CC=CCC2C1=O)N1CCC(Cc2ccccc2)CC1. The lowest BCUT2D eigenvalue weighted by Crippen LogP contribution is -2.46. The normalized spacial score (nSPS) is 25.8. The molecule has 0 aromatic heterocycles. The first-order valence-electron chi connectivity index (χ1n) is 9.95. The van der Waals surface area contributed by atoms with Crippen molar-refractivity contribution in [2.45, 2.75) is 32.1 Å². The Morgan fingerprint density at radius 1 is 0.926 bits per heavy atom. The van der Waals surface area contributed by atoms with Crippen LogP contribution in [0.4, 0.5) is 0 Å². The lowest BCUT2D eigenvalue weighted by Gasteiger charge is -2.33. The Bertz CT molecular complexity index is 724. The van der Waals surface area contributed by atoms with E-state index in [2.05, 4.69) is 24.3 Å². The average Bonchev–Trinajstić information content (AvgIpc) is 2.94. The fourth-order valence-corrected chi connectivity index (χ4v) is 4.59. The zero-order valence-electron chi connectivity index (χ0n) is 15.5. The molecule has 1 aromatic carbocycles. The van der Waals surface area contributed by atoms with E-state index < -0.39 is 0 Å². The summed E-state index contributed by atoms with van der Waals surface area (Å²) in [6.45, 7) is 1.33. The van der Waals surface area contributed by atoms with Crippen molar-refractivity contribution in [1.82, 2.24) is 9.80 Å². The van der Waals surface area contributed by atoms with Gasteiger partial charge in [0.05, 0.1) is 11.8 Å². The first-order valence-corrected chi connectivity index (χ1v) is 9.95. The van der Waals surface area contributed by atoms with Gasteiger partial charge in [-0.2, -0.15) is 0 Å². The van der Waals surface area contributed by atoms with Crippen LogP contribution in [0.5, 0.6) is 0 Å². The molecular formula is C22H26N2O3. The van der Waals surface area contributed by atoms with Crippen molar-refractivity contribution in [1.29, 1.82) is 0 Å². The van der Waals surface area contributed by atoms with E-state index in [0.717, 1.165) is 19.3 Å². The van der Waals surface area contributed by atoms with E-state index in [1.165, 1.54) is 10.5 Å². The molecule has 5 nitrogen and oxygen atoms in total. The minimum absolute atomic E-state index is 0.0893. The number of rotatable bonds is 4. The van der Waals surface area contributed by atoms with Crippen molar-refractivity contribution in [3.8, 4) is 0 Å². The molecule has 5 heteroatoms. The zero-order valence-corrected chi connectivity index (χ0v) is 15.5. The number of carbonyl (C=O) groups is 3. The summed E-state index contributed by atoms with van der Waals surface area (Å²) in [5.41, 5.74) is 1.34. The van der Waals surface area contributed by atoms with Gasteiger partial charge >= 0.3 is 0 Å². The van der Waals surface area contributed by atoms with Gasteiger partial charge in [-0.05, 0) is 43.6 Å². The average molecular weight is 366 g/mol. The highest BCUT2D eigenvalue weighted by atomic mass is 16.2. The second-order valence-electron chi connectivity index (χ2n) is 7.93. The monoisotopic (exact) mass is 366 g/mol. The molecule has 0 radical (unpaired) electrons. The van der Waals surface area contributed by atoms with Crippen LogP contribution < -0.4 is 0 Å². The lowest BCUT2D eigenvalue weighted by molar-refractivity contribution is -0.147. The van der Waals surface area contributed by atoms with Gasteiger partial charge in [0.15, 0.2) is 0 Å². The highest BCUT2D eigenvalue weighted by molar-refractivity contribution is 6.07. The molecule has 2 heterocycles. The lowest BCUT2D eigenvalue weighted by atomic mass is 9.85. The van der Waals surface area contributed by atoms with Crippen LogP contribution in [-0.2, 0) is 20.8 Å². The zero-order chi connectivity index (χ0) is 18.8. The first-order chi connectivity index (χ1) is 13.1. The summed E-state index contributed by atoms with van der Waals surface area (Å²) in [6.07, 6.45) is 8.15. The summed E-state index contributed by atoms with van der Waals surface area (Å²) < 4.78 is 0. The maximum Gasteiger partial charge on any atom is 0.242 e. The van der Waals surface area contributed by atoms with E-state index in [1.807, 2.05) is 23.1 Å². The third-order valence-corrected chi connectivity index (χ3v) is 6.23. The van der Waals surface area contributed by atoms with Crippen molar-refractivity contribution in [2.24, 2.45) is 17.8 Å². The van der Waals surface area contributed by atoms with E-state index in [0.29, 0.717) is 31.8 Å². The van der Waals surface area contributed by atoms with Crippen LogP contribution in [0.1, 0.15) is 31.2 Å². The molecule has 142 valence electrons. The summed E-state index contributed by atoms with van der Waals surface area (Å²) in [5, 5.41) is 0. The van der Waals surface area contributed by atoms with E-state index in [1.54, 1.807) is 0 Å². The van der Waals surface area contributed by atoms with Crippen LogP contribution >= 0.6 is 0 Å². The van der Waals surface area contributed by atoms with Crippen molar-refractivity contribution >= 4 is 17.7 Å². The maximum atomic E-state index is 12.7. The number of allylic oxidation sites excluding steroid dienone is 2. The molecule has 2 aliphatic heterocycles. The van der Waals surface area contributed by atoms with Crippen molar-refractivity contribution in [3.63, 3.8) is 0 Å². The predicted molar refractivity (Wildman–Crippen MR) is 102 cm³/mol. The molecule has 2 saturated heterocycles. The Balaban J connectivity index is 1.30. The first kappa shape index (κ1) is 18.0. The van der Waals surface area contributed by atoms with Crippen molar-refractivity contribution in [2.75, 3.05) is 19.6 Å². The molecule has 2 unspecified atom stereocenters. The molecule has 1 aromatic rings. The molecule has 2 atom stereocenters. The second-order valence-corrected chi connectivity index (χ2v) is 7.93. The number of carbonyl (C=O) groups excluding carboxylic acids is 3. The van der Waals surface area contributed by atoms with E-state index in [4.69, 9.17) is 0 Å².